The van der Waals surface area contributed by atoms with Gasteiger partial charge in [0.05, 0.1) is 18.2 Å². The molecule has 0 bridgehead atoms. The second-order valence-electron chi connectivity index (χ2n) is 9.76. The van der Waals surface area contributed by atoms with Crippen molar-refractivity contribution in [1.29, 1.82) is 5.26 Å². The van der Waals surface area contributed by atoms with E-state index >= 15 is 0 Å². The van der Waals surface area contributed by atoms with Crippen LogP contribution in [0.5, 0.6) is 5.75 Å². The normalized spacial score (nSPS) is 14.4. The first-order chi connectivity index (χ1) is 20.1. The summed E-state index contributed by atoms with van der Waals surface area (Å²) in [6.45, 7) is 5.11. The van der Waals surface area contributed by atoms with Crippen LogP contribution in [0.2, 0.25) is 0 Å². The molecule has 1 atom stereocenters. The average molecular weight is 598 g/mol. The van der Waals surface area contributed by atoms with E-state index in [9.17, 15) is 23.1 Å². The number of amides is 1. The molecule has 12 nitrogen and oxygen atoms in total. The summed E-state index contributed by atoms with van der Waals surface area (Å²) in [4.78, 5) is 26.0. The first-order valence-corrected chi connectivity index (χ1v) is 14.8. The van der Waals surface area contributed by atoms with Crippen molar-refractivity contribution in [1.82, 2.24) is 14.3 Å². The van der Waals surface area contributed by atoms with E-state index < -0.39 is 34.0 Å². The van der Waals surface area contributed by atoms with Gasteiger partial charge in [-0.2, -0.15) is 22.7 Å². The number of nitrogens with one attached hydrogen (secondary N) is 2. The van der Waals surface area contributed by atoms with Crippen molar-refractivity contribution in [3.63, 3.8) is 0 Å². The van der Waals surface area contributed by atoms with Gasteiger partial charge in [0, 0.05) is 50.1 Å². The van der Waals surface area contributed by atoms with E-state index in [1.165, 1.54) is 4.31 Å². The lowest BCUT2D eigenvalue weighted by Crippen LogP contribution is -2.55. The fourth-order valence-corrected chi connectivity index (χ4v) is 5.64. The summed E-state index contributed by atoms with van der Waals surface area (Å²) in [6, 6.07) is 13.2. The van der Waals surface area contributed by atoms with Gasteiger partial charge in [-0.1, -0.05) is 25.7 Å². The summed E-state index contributed by atoms with van der Waals surface area (Å²) >= 11 is 0. The lowest BCUT2D eigenvalue weighted by Gasteiger charge is -2.36. The highest BCUT2D eigenvalue weighted by atomic mass is 32.2. The Morgan fingerprint density at radius 2 is 1.67 bits per heavy atom. The molecule has 224 valence electrons. The number of piperazine rings is 1. The SMILES string of the molecule is COCCOc1ccc(C#Cc2ccc(N3CCN(S(=O)(=O)N[C@@H](C(=O)O)C(C)C)CC3)cc2)cc1C(=O)NCC#N. The number of carboxylic acid groups (broad SMARTS) is 1. The van der Waals surface area contributed by atoms with Gasteiger partial charge in [-0.3, -0.25) is 9.59 Å². The number of nitriles is 1. The number of carbonyl (C=O) groups is 2. The highest BCUT2D eigenvalue weighted by Crippen LogP contribution is 2.21. The maximum absolute atomic E-state index is 12.7. The molecule has 0 aliphatic carbocycles. The van der Waals surface area contributed by atoms with Gasteiger partial charge < -0.3 is 24.8 Å². The summed E-state index contributed by atoms with van der Waals surface area (Å²) < 4.78 is 39.7. The molecular weight excluding hydrogens is 562 g/mol. The Kier molecular flexibility index (Phi) is 11.7. The molecule has 0 unspecified atom stereocenters. The van der Waals surface area contributed by atoms with Crippen LogP contribution in [0, 0.1) is 29.1 Å². The molecule has 0 aromatic heterocycles. The summed E-state index contributed by atoms with van der Waals surface area (Å²) in [6.07, 6.45) is 0. The highest BCUT2D eigenvalue weighted by Gasteiger charge is 2.33. The second kappa shape index (κ2) is 15.2. The molecule has 1 heterocycles. The second-order valence-corrected chi connectivity index (χ2v) is 11.5. The molecule has 3 rings (SSSR count). The number of benzene rings is 2. The third-order valence-electron chi connectivity index (χ3n) is 6.47. The van der Waals surface area contributed by atoms with Crippen molar-refractivity contribution in [2.45, 2.75) is 19.9 Å². The van der Waals surface area contributed by atoms with Gasteiger partial charge >= 0.3 is 5.97 Å². The topological polar surface area (TPSA) is 161 Å². The lowest BCUT2D eigenvalue weighted by molar-refractivity contribution is -0.140. The van der Waals surface area contributed by atoms with Crippen LogP contribution in [0.25, 0.3) is 0 Å². The third kappa shape index (κ3) is 8.93. The number of ether oxygens (including phenoxy) is 2. The maximum atomic E-state index is 12.7. The van der Waals surface area contributed by atoms with E-state index in [-0.39, 0.29) is 31.8 Å². The van der Waals surface area contributed by atoms with E-state index in [2.05, 4.69) is 26.8 Å². The van der Waals surface area contributed by atoms with Crippen LogP contribution in [0.4, 0.5) is 5.69 Å². The minimum Gasteiger partial charge on any atom is -0.490 e. The van der Waals surface area contributed by atoms with Crippen LogP contribution in [0.1, 0.15) is 35.3 Å². The lowest BCUT2D eigenvalue weighted by atomic mass is 10.1. The molecule has 0 radical (unpaired) electrons. The molecule has 1 aliphatic rings. The minimum atomic E-state index is -3.94. The van der Waals surface area contributed by atoms with Gasteiger partial charge in [-0.05, 0) is 48.4 Å². The average Bonchev–Trinajstić information content (AvgIpc) is 2.98. The van der Waals surface area contributed by atoms with Crippen molar-refractivity contribution in [2.24, 2.45) is 5.92 Å². The molecule has 3 N–H and O–H groups in total. The van der Waals surface area contributed by atoms with Gasteiger partial charge in [0.1, 0.15) is 24.9 Å². The molecule has 2 aromatic carbocycles. The third-order valence-corrected chi connectivity index (χ3v) is 8.06. The first-order valence-electron chi connectivity index (χ1n) is 13.3. The summed E-state index contributed by atoms with van der Waals surface area (Å²) in [7, 11) is -2.39. The number of hydrogen-bond acceptors (Lipinski definition) is 8. The van der Waals surface area contributed by atoms with Crippen molar-refractivity contribution in [2.75, 3.05) is 57.9 Å². The number of nitrogens with zero attached hydrogens (tertiary/aromatic N) is 3. The van der Waals surface area contributed by atoms with Crippen LogP contribution in [0.15, 0.2) is 42.5 Å². The fourth-order valence-electron chi connectivity index (χ4n) is 4.15. The van der Waals surface area contributed by atoms with Crippen molar-refractivity contribution in [3.05, 3.63) is 59.2 Å². The van der Waals surface area contributed by atoms with Gasteiger partial charge in [-0.25, -0.2) is 0 Å². The van der Waals surface area contributed by atoms with E-state index in [1.54, 1.807) is 39.2 Å². The standard InChI is InChI=1S/C29H35N5O7S/c1-21(2)27(29(36)37)32-42(38,39)34-16-14-33(15-17-34)24-9-6-22(7-10-24)4-5-23-8-11-26(41-19-18-40-3)25(20-23)28(35)31-13-12-30/h6-11,20-21,27,32H,13-19H2,1-3H3,(H,31,35)(H,36,37)/t27-/m1/s1. The van der Waals surface area contributed by atoms with E-state index in [0.29, 0.717) is 31.0 Å². The zero-order valence-corrected chi connectivity index (χ0v) is 24.6. The van der Waals surface area contributed by atoms with Crippen molar-refractivity contribution < 1.29 is 32.6 Å². The molecule has 0 spiro atoms. The van der Waals surface area contributed by atoms with Crippen LogP contribution in [-0.2, 0) is 19.7 Å². The molecule has 1 aliphatic heterocycles. The molecule has 1 saturated heterocycles. The number of rotatable bonds is 12. The van der Waals surface area contributed by atoms with Gasteiger partial charge in [0.15, 0.2) is 0 Å². The van der Waals surface area contributed by atoms with E-state index in [1.807, 2.05) is 30.3 Å². The summed E-state index contributed by atoms with van der Waals surface area (Å²) in [5, 5.41) is 20.6. The Balaban J connectivity index is 1.65. The first kappa shape index (κ1) is 32.4. The summed E-state index contributed by atoms with van der Waals surface area (Å²) in [5.74, 6) is 4.45. The Morgan fingerprint density at radius 3 is 2.26 bits per heavy atom. The fraction of sp³-hybridized carbons (Fsp3) is 0.414. The quantitative estimate of drug-likeness (QED) is 0.187. The highest BCUT2D eigenvalue weighted by molar-refractivity contribution is 7.87. The van der Waals surface area contributed by atoms with Crippen LogP contribution in [0.3, 0.4) is 0 Å². The van der Waals surface area contributed by atoms with Crippen molar-refractivity contribution in [3.8, 4) is 23.7 Å². The predicted octanol–water partition coefficient (Wildman–Crippen LogP) is 1.43. The van der Waals surface area contributed by atoms with Crippen LogP contribution < -0.4 is 19.7 Å². The molecule has 1 amide bonds. The van der Waals surface area contributed by atoms with Gasteiger partial charge in [0.25, 0.3) is 16.1 Å². The smallest absolute Gasteiger partial charge is 0.322 e. The largest absolute Gasteiger partial charge is 0.490 e. The Labute approximate surface area is 246 Å². The predicted molar refractivity (Wildman–Crippen MR) is 156 cm³/mol. The Morgan fingerprint density at radius 1 is 1.02 bits per heavy atom. The van der Waals surface area contributed by atoms with Crippen LogP contribution in [-0.4, -0.2) is 88.8 Å². The number of anilines is 1. The number of carbonyl (C=O) groups excluding carboxylic acids is 1. The number of carboxylic acids is 1. The van der Waals surface area contributed by atoms with E-state index in [0.717, 1.165) is 11.3 Å². The monoisotopic (exact) mass is 597 g/mol. The Hall–Kier alpha value is -4.14. The number of methoxy groups -OCH3 is 1. The Bertz CT molecular complexity index is 1450. The van der Waals surface area contributed by atoms with Crippen molar-refractivity contribution >= 4 is 27.8 Å². The molecule has 0 saturated carbocycles. The van der Waals surface area contributed by atoms with Gasteiger partial charge in [-0.15, -0.1) is 0 Å². The van der Waals surface area contributed by atoms with Crippen LogP contribution >= 0.6 is 0 Å². The molecule has 2 aromatic rings. The minimum absolute atomic E-state index is 0.135. The molecular formula is C29H35N5O7S. The van der Waals surface area contributed by atoms with E-state index in [4.69, 9.17) is 14.7 Å². The zero-order valence-electron chi connectivity index (χ0n) is 23.8. The zero-order chi connectivity index (χ0) is 30.7. The molecule has 13 heteroatoms. The number of hydrogen-bond donors (Lipinski definition) is 3. The number of aliphatic carboxylic acids is 1. The molecule has 42 heavy (non-hydrogen) atoms. The summed E-state index contributed by atoms with van der Waals surface area (Å²) in [5.41, 5.74) is 2.51. The molecule has 1 fully saturated rings. The van der Waals surface area contributed by atoms with Gasteiger partial charge in [0.2, 0.25) is 0 Å². The maximum Gasteiger partial charge on any atom is 0.322 e.